The number of amides is 1. The van der Waals surface area contributed by atoms with Crippen molar-refractivity contribution in [2.24, 2.45) is 0 Å². The number of aliphatic hydroxyl groups is 1. The Morgan fingerprint density at radius 2 is 2.30 bits per heavy atom. The van der Waals surface area contributed by atoms with Crippen LogP contribution >= 0.6 is 0 Å². The van der Waals surface area contributed by atoms with Crippen LogP contribution in [0.5, 0.6) is 5.75 Å². The average molecular weight is 280 g/mol. The summed E-state index contributed by atoms with van der Waals surface area (Å²) >= 11 is 0. The lowest BCUT2D eigenvalue weighted by molar-refractivity contribution is -0.139. The highest BCUT2D eigenvalue weighted by atomic mass is 16.5. The van der Waals surface area contributed by atoms with Gasteiger partial charge in [0.1, 0.15) is 5.75 Å². The maximum Gasteiger partial charge on any atom is 0.341 e. The van der Waals surface area contributed by atoms with Gasteiger partial charge in [-0.25, -0.2) is 4.79 Å². The molecule has 7 nitrogen and oxygen atoms in total. The highest BCUT2D eigenvalue weighted by Crippen LogP contribution is 2.27. The molecule has 108 valence electrons. The van der Waals surface area contributed by atoms with Crippen molar-refractivity contribution in [1.82, 2.24) is 5.32 Å². The van der Waals surface area contributed by atoms with Crippen molar-refractivity contribution in [3.05, 3.63) is 23.8 Å². The van der Waals surface area contributed by atoms with Gasteiger partial charge in [0, 0.05) is 24.7 Å². The van der Waals surface area contributed by atoms with Crippen LogP contribution in [-0.2, 0) is 9.59 Å². The molecular weight excluding hydrogens is 264 g/mol. The summed E-state index contributed by atoms with van der Waals surface area (Å²) in [7, 11) is 0. The number of ether oxygens (including phenoxy) is 1. The van der Waals surface area contributed by atoms with Gasteiger partial charge in [-0.3, -0.25) is 4.79 Å². The molecule has 0 saturated carbocycles. The zero-order valence-corrected chi connectivity index (χ0v) is 11.0. The van der Waals surface area contributed by atoms with E-state index in [9.17, 15) is 14.7 Å². The molecule has 1 saturated heterocycles. The lowest BCUT2D eigenvalue weighted by atomic mass is 10.1. The average Bonchev–Trinajstić information content (AvgIpc) is 2.38. The molecule has 1 aromatic carbocycles. The fraction of sp³-hybridized carbons (Fsp3) is 0.385. The number of nitrogens with one attached hydrogen (secondary N) is 1. The Hall–Kier alpha value is -2.28. The van der Waals surface area contributed by atoms with E-state index in [1.165, 1.54) is 0 Å². The van der Waals surface area contributed by atoms with Gasteiger partial charge in [0.2, 0.25) is 12.3 Å². The van der Waals surface area contributed by atoms with Gasteiger partial charge in [0.15, 0.2) is 6.61 Å². The SMILES string of the molecule is Cc1ccc(OCC(=O)O)cc1N1CCC(=O)NC1O. The van der Waals surface area contributed by atoms with Crippen LogP contribution in [0.25, 0.3) is 0 Å². The number of carboxylic acids is 1. The van der Waals surface area contributed by atoms with Crippen molar-refractivity contribution in [1.29, 1.82) is 0 Å². The van der Waals surface area contributed by atoms with E-state index >= 15 is 0 Å². The van der Waals surface area contributed by atoms with E-state index in [0.29, 0.717) is 18.0 Å². The molecule has 1 aromatic rings. The zero-order chi connectivity index (χ0) is 14.7. The van der Waals surface area contributed by atoms with Crippen LogP contribution in [0.2, 0.25) is 0 Å². The summed E-state index contributed by atoms with van der Waals surface area (Å²) in [5.74, 6) is -0.862. The van der Waals surface area contributed by atoms with Crippen LogP contribution in [-0.4, -0.2) is 41.6 Å². The minimum Gasteiger partial charge on any atom is -0.482 e. The molecule has 7 heteroatoms. The molecule has 1 atom stereocenters. The van der Waals surface area contributed by atoms with Crippen LogP contribution in [0.1, 0.15) is 12.0 Å². The Morgan fingerprint density at radius 3 is 2.95 bits per heavy atom. The maximum atomic E-state index is 11.2. The summed E-state index contributed by atoms with van der Waals surface area (Å²) < 4.78 is 5.12. The number of benzene rings is 1. The smallest absolute Gasteiger partial charge is 0.341 e. The standard InChI is InChI=1S/C13H16N2O5/c1-8-2-3-9(20-7-12(17)18)6-10(8)15-5-4-11(16)14-13(15)19/h2-3,6,13,19H,4-5,7H2,1H3,(H,14,16)(H,17,18). The Morgan fingerprint density at radius 1 is 1.55 bits per heavy atom. The summed E-state index contributed by atoms with van der Waals surface area (Å²) in [6.07, 6.45) is -0.804. The van der Waals surface area contributed by atoms with E-state index < -0.39 is 18.9 Å². The van der Waals surface area contributed by atoms with Crippen molar-refractivity contribution in [3.63, 3.8) is 0 Å². The summed E-state index contributed by atoms with van der Waals surface area (Å²) in [6, 6.07) is 5.09. The van der Waals surface area contributed by atoms with E-state index in [4.69, 9.17) is 9.84 Å². The van der Waals surface area contributed by atoms with Gasteiger partial charge in [-0.05, 0) is 18.6 Å². The number of hydrogen-bond donors (Lipinski definition) is 3. The van der Waals surface area contributed by atoms with Crippen molar-refractivity contribution in [2.45, 2.75) is 19.7 Å². The van der Waals surface area contributed by atoms with Crippen LogP contribution in [0.3, 0.4) is 0 Å². The molecule has 0 radical (unpaired) electrons. The molecule has 1 aliphatic rings. The van der Waals surface area contributed by atoms with Crippen molar-refractivity contribution in [3.8, 4) is 5.75 Å². The maximum absolute atomic E-state index is 11.2. The molecule has 20 heavy (non-hydrogen) atoms. The van der Waals surface area contributed by atoms with Crippen LogP contribution < -0.4 is 15.0 Å². The number of rotatable bonds is 4. The fourth-order valence-electron chi connectivity index (χ4n) is 2.02. The Kier molecular flexibility index (Phi) is 4.09. The summed E-state index contributed by atoms with van der Waals surface area (Å²) in [5.41, 5.74) is 1.59. The zero-order valence-electron chi connectivity index (χ0n) is 11.0. The number of carbonyl (C=O) groups is 2. The molecule has 3 N–H and O–H groups in total. The van der Waals surface area contributed by atoms with Crippen molar-refractivity contribution >= 4 is 17.6 Å². The second-order valence-electron chi connectivity index (χ2n) is 4.52. The topological polar surface area (TPSA) is 99.1 Å². The molecule has 1 heterocycles. The molecule has 0 aromatic heterocycles. The third-order valence-corrected chi connectivity index (χ3v) is 3.02. The van der Waals surface area contributed by atoms with Gasteiger partial charge in [0.25, 0.3) is 0 Å². The monoisotopic (exact) mass is 280 g/mol. The Balaban J connectivity index is 2.19. The van der Waals surface area contributed by atoms with Gasteiger partial charge in [-0.1, -0.05) is 6.07 Å². The lowest BCUT2D eigenvalue weighted by Crippen LogP contribution is -2.54. The van der Waals surface area contributed by atoms with Gasteiger partial charge in [-0.2, -0.15) is 0 Å². The summed E-state index contributed by atoms with van der Waals surface area (Å²) in [4.78, 5) is 23.3. The number of aliphatic hydroxyl groups excluding tert-OH is 1. The third kappa shape index (κ3) is 3.18. The number of aryl methyl sites for hydroxylation is 1. The minimum absolute atomic E-state index is 0.204. The van der Waals surface area contributed by atoms with Gasteiger partial charge < -0.3 is 25.2 Å². The quantitative estimate of drug-likeness (QED) is 0.721. The molecule has 0 aliphatic carbocycles. The number of carboxylic acid groups (broad SMARTS) is 1. The van der Waals surface area contributed by atoms with Crippen molar-refractivity contribution in [2.75, 3.05) is 18.1 Å². The number of anilines is 1. The first-order chi connectivity index (χ1) is 9.47. The Bertz CT molecular complexity index is 531. The van der Waals surface area contributed by atoms with E-state index in [2.05, 4.69) is 5.32 Å². The van der Waals surface area contributed by atoms with E-state index in [-0.39, 0.29) is 12.3 Å². The molecule has 1 unspecified atom stereocenters. The number of aliphatic carboxylic acids is 1. The summed E-state index contributed by atoms with van der Waals surface area (Å²) in [5, 5.41) is 20.9. The molecule has 2 rings (SSSR count). The van der Waals surface area contributed by atoms with E-state index in [0.717, 1.165) is 5.56 Å². The number of carbonyl (C=O) groups excluding carboxylic acids is 1. The minimum atomic E-state index is -1.09. The molecule has 0 spiro atoms. The van der Waals surface area contributed by atoms with E-state index in [1.54, 1.807) is 23.1 Å². The highest BCUT2D eigenvalue weighted by molar-refractivity contribution is 5.79. The van der Waals surface area contributed by atoms with Crippen LogP contribution in [0.15, 0.2) is 18.2 Å². The normalized spacial score (nSPS) is 18.6. The molecule has 1 aliphatic heterocycles. The van der Waals surface area contributed by atoms with Gasteiger partial charge in [-0.15, -0.1) is 0 Å². The molecular formula is C13H16N2O5. The molecule has 1 amide bonds. The molecule has 0 bridgehead atoms. The van der Waals surface area contributed by atoms with Crippen LogP contribution in [0.4, 0.5) is 5.69 Å². The summed E-state index contributed by atoms with van der Waals surface area (Å²) in [6.45, 7) is 1.82. The predicted octanol–water partition coefficient (Wildman–Crippen LogP) is 0.0606. The van der Waals surface area contributed by atoms with E-state index in [1.807, 2.05) is 6.92 Å². The van der Waals surface area contributed by atoms with Crippen molar-refractivity contribution < 1.29 is 24.5 Å². The first-order valence-electron chi connectivity index (χ1n) is 6.16. The third-order valence-electron chi connectivity index (χ3n) is 3.02. The number of nitrogens with zero attached hydrogens (tertiary/aromatic N) is 1. The highest BCUT2D eigenvalue weighted by Gasteiger charge is 2.25. The predicted molar refractivity (Wildman–Crippen MR) is 70.4 cm³/mol. The lowest BCUT2D eigenvalue weighted by Gasteiger charge is -2.35. The largest absolute Gasteiger partial charge is 0.482 e. The van der Waals surface area contributed by atoms with Gasteiger partial charge in [0.05, 0.1) is 0 Å². The Labute approximate surface area is 115 Å². The second kappa shape index (κ2) is 5.79. The fourth-order valence-corrected chi connectivity index (χ4v) is 2.02. The number of hydrogen-bond acceptors (Lipinski definition) is 5. The van der Waals surface area contributed by atoms with Gasteiger partial charge >= 0.3 is 5.97 Å². The second-order valence-corrected chi connectivity index (χ2v) is 4.52. The molecule has 1 fully saturated rings. The first kappa shape index (κ1) is 14.1. The first-order valence-corrected chi connectivity index (χ1v) is 6.16. The van der Waals surface area contributed by atoms with Crippen LogP contribution in [0, 0.1) is 6.92 Å².